The number of methoxy groups -OCH3 is 1. The van der Waals surface area contributed by atoms with Gasteiger partial charge in [-0.1, -0.05) is 0 Å². The molecule has 2 rings (SSSR count). The third-order valence-electron chi connectivity index (χ3n) is 1.98. The van der Waals surface area contributed by atoms with Crippen LogP contribution in [0.2, 0.25) is 0 Å². The Balaban J connectivity index is 1.96. The van der Waals surface area contributed by atoms with Crippen molar-refractivity contribution in [3.05, 3.63) is 12.4 Å². The van der Waals surface area contributed by atoms with Crippen molar-refractivity contribution in [1.82, 2.24) is 15.3 Å². The maximum atomic E-state index is 4.95. The molecule has 0 saturated carbocycles. The molecule has 0 amide bonds. The Kier molecular flexibility index (Phi) is 2.27. The van der Waals surface area contributed by atoms with Crippen LogP contribution in [0.3, 0.4) is 0 Å². The smallest absolute Gasteiger partial charge is 0.223 e. The summed E-state index contributed by atoms with van der Waals surface area (Å²) in [6.07, 6.45) is 3.31. The van der Waals surface area contributed by atoms with Gasteiger partial charge in [0.2, 0.25) is 5.95 Å². The SMILES string of the molecule is COc1cnc(NC2CNC2)nc1. The summed E-state index contributed by atoms with van der Waals surface area (Å²) in [7, 11) is 1.60. The lowest BCUT2D eigenvalue weighted by molar-refractivity contribution is 0.410. The molecule has 5 heteroatoms. The minimum absolute atomic E-state index is 0.466. The molecule has 0 aliphatic carbocycles. The van der Waals surface area contributed by atoms with Crippen molar-refractivity contribution in [1.29, 1.82) is 0 Å². The Bertz CT molecular complexity index is 270. The number of nitrogens with zero attached hydrogens (tertiary/aromatic N) is 2. The lowest BCUT2D eigenvalue weighted by Crippen LogP contribution is -2.51. The Morgan fingerprint density at radius 2 is 2.15 bits per heavy atom. The molecule has 1 fully saturated rings. The van der Waals surface area contributed by atoms with E-state index >= 15 is 0 Å². The van der Waals surface area contributed by atoms with Gasteiger partial charge in [-0.15, -0.1) is 0 Å². The highest BCUT2D eigenvalue weighted by molar-refractivity contribution is 5.29. The number of nitrogens with one attached hydrogen (secondary N) is 2. The van der Waals surface area contributed by atoms with Crippen LogP contribution in [0, 0.1) is 0 Å². The van der Waals surface area contributed by atoms with Crippen molar-refractivity contribution in [3.63, 3.8) is 0 Å². The van der Waals surface area contributed by atoms with Gasteiger partial charge in [-0.25, -0.2) is 9.97 Å². The van der Waals surface area contributed by atoms with Crippen LogP contribution in [-0.4, -0.2) is 36.2 Å². The van der Waals surface area contributed by atoms with Crippen molar-refractivity contribution in [3.8, 4) is 5.75 Å². The molecule has 1 aromatic rings. The number of ether oxygens (including phenoxy) is 1. The first-order chi connectivity index (χ1) is 6.38. The first-order valence-electron chi connectivity index (χ1n) is 4.22. The average molecular weight is 180 g/mol. The summed E-state index contributed by atoms with van der Waals surface area (Å²) in [5, 5.41) is 6.35. The van der Waals surface area contributed by atoms with E-state index in [4.69, 9.17) is 4.74 Å². The number of hydrogen-bond donors (Lipinski definition) is 2. The van der Waals surface area contributed by atoms with Gasteiger partial charge in [0, 0.05) is 13.1 Å². The van der Waals surface area contributed by atoms with E-state index in [1.807, 2.05) is 0 Å². The second-order valence-electron chi connectivity index (χ2n) is 2.95. The van der Waals surface area contributed by atoms with Crippen molar-refractivity contribution in [2.75, 3.05) is 25.5 Å². The van der Waals surface area contributed by atoms with Gasteiger partial charge in [0.25, 0.3) is 0 Å². The third kappa shape index (κ3) is 1.86. The van der Waals surface area contributed by atoms with E-state index in [0.29, 0.717) is 17.7 Å². The Labute approximate surface area is 76.5 Å². The van der Waals surface area contributed by atoms with Crippen LogP contribution in [-0.2, 0) is 0 Å². The Morgan fingerprint density at radius 3 is 2.62 bits per heavy atom. The summed E-state index contributed by atoms with van der Waals surface area (Å²) in [6.45, 7) is 1.96. The normalized spacial score (nSPS) is 16.4. The average Bonchev–Trinajstić information content (AvgIpc) is 2.12. The van der Waals surface area contributed by atoms with E-state index in [-0.39, 0.29) is 0 Å². The van der Waals surface area contributed by atoms with Crippen LogP contribution in [0.15, 0.2) is 12.4 Å². The van der Waals surface area contributed by atoms with Gasteiger partial charge < -0.3 is 15.4 Å². The van der Waals surface area contributed by atoms with E-state index in [0.717, 1.165) is 13.1 Å². The molecule has 0 radical (unpaired) electrons. The summed E-state index contributed by atoms with van der Waals surface area (Å²) in [5.74, 6) is 1.34. The summed E-state index contributed by atoms with van der Waals surface area (Å²) in [4.78, 5) is 8.19. The number of hydrogen-bond acceptors (Lipinski definition) is 5. The number of anilines is 1. The highest BCUT2D eigenvalue weighted by atomic mass is 16.5. The van der Waals surface area contributed by atoms with Crippen LogP contribution >= 0.6 is 0 Å². The van der Waals surface area contributed by atoms with Gasteiger partial charge in [0.05, 0.1) is 25.5 Å². The molecule has 13 heavy (non-hydrogen) atoms. The molecule has 2 N–H and O–H groups in total. The maximum absolute atomic E-state index is 4.95. The lowest BCUT2D eigenvalue weighted by Gasteiger charge is -2.27. The Hall–Kier alpha value is -1.36. The molecule has 5 nitrogen and oxygen atoms in total. The van der Waals surface area contributed by atoms with E-state index in [1.165, 1.54) is 0 Å². The van der Waals surface area contributed by atoms with E-state index in [1.54, 1.807) is 19.5 Å². The van der Waals surface area contributed by atoms with E-state index < -0.39 is 0 Å². The quantitative estimate of drug-likeness (QED) is 0.678. The predicted molar refractivity (Wildman–Crippen MR) is 48.9 cm³/mol. The monoisotopic (exact) mass is 180 g/mol. The molecule has 70 valence electrons. The van der Waals surface area contributed by atoms with E-state index in [9.17, 15) is 0 Å². The van der Waals surface area contributed by atoms with Gasteiger partial charge in [-0.2, -0.15) is 0 Å². The Morgan fingerprint density at radius 1 is 1.46 bits per heavy atom. The van der Waals surface area contributed by atoms with Gasteiger partial charge in [0.15, 0.2) is 5.75 Å². The minimum Gasteiger partial charge on any atom is -0.494 e. The van der Waals surface area contributed by atoms with Crippen LogP contribution in [0.4, 0.5) is 5.95 Å². The fourth-order valence-corrected chi connectivity index (χ4v) is 1.07. The van der Waals surface area contributed by atoms with Crippen molar-refractivity contribution < 1.29 is 4.74 Å². The zero-order valence-electron chi connectivity index (χ0n) is 7.45. The van der Waals surface area contributed by atoms with Gasteiger partial charge in [-0.05, 0) is 0 Å². The van der Waals surface area contributed by atoms with Crippen molar-refractivity contribution >= 4 is 5.95 Å². The zero-order valence-corrected chi connectivity index (χ0v) is 7.45. The topological polar surface area (TPSA) is 59.1 Å². The highest BCUT2D eigenvalue weighted by Crippen LogP contribution is 2.08. The van der Waals surface area contributed by atoms with Crippen LogP contribution in [0.1, 0.15) is 0 Å². The fraction of sp³-hybridized carbons (Fsp3) is 0.500. The molecule has 1 saturated heterocycles. The first-order valence-corrected chi connectivity index (χ1v) is 4.22. The molecule has 0 unspecified atom stereocenters. The first kappa shape index (κ1) is 8.25. The standard InChI is InChI=1S/C8H12N4O/c1-13-7-4-10-8(11-5-7)12-6-2-9-3-6/h4-6,9H,2-3H2,1H3,(H,10,11,12). The highest BCUT2D eigenvalue weighted by Gasteiger charge is 2.16. The third-order valence-corrected chi connectivity index (χ3v) is 1.98. The predicted octanol–water partition coefficient (Wildman–Crippen LogP) is -0.131. The molecule has 0 bridgehead atoms. The van der Waals surface area contributed by atoms with Gasteiger partial charge >= 0.3 is 0 Å². The molecular formula is C8H12N4O. The fourth-order valence-electron chi connectivity index (χ4n) is 1.07. The molecule has 0 spiro atoms. The lowest BCUT2D eigenvalue weighted by atomic mass is 10.2. The van der Waals surface area contributed by atoms with Crippen LogP contribution in [0.5, 0.6) is 5.75 Å². The molecule has 2 heterocycles. The molecule has 1 aliphatic heterocycles. The zero-order chi connectivity index (χ0) is 9.10. The van der Waals surface area contributed by atoms with Crippen molar-refractivity contribution in [2.45, 2.75) is 6.04 Å². The largest absolute Gasteiger partial charge is 0.494 e. The van der Waals surface area contributed by atoms with Crippen LogP contribution < -0.4 is 15.4 Å². The second kappa shape index (κ2) is 3.57. The summed E-state index contributed by atoms with van der Waals surface area (Å²) < 4.78 is 4.95. The van der Waals surface area contributed by atoms with Gasteiger partial charge in [-0.3, -0.25) is 0 Å². The minimum atomic E-state index is 0.466. The second-order valence-corrected chi connectivity index (χ2v) is 2.95. The molecule has 1 aromatic heterocycles. The van der Waals surface area contributed by atoms with Crippen molar-refractivity contribution in [2.24, 2.45) is 0 Å². The number of aromatic nitrogens is 2. The van der Waals surface area contributed by atoms with E-state index in [2.05, 4.69) is 20.6 Å². The molecular weight excluding hydrogens is 168 g/mol. The van der Waals surface area contributed by atoms with Gasteiger partial charge in [0.1, 0.15) is 0 Å². The maximum Gasteiger partial charge on any atom is 0.223 e. The summed E-state index contributed by atoms with van der Waals surface area (Å²) >= 11 is 0. The number of rotatable bonds is 3. The summed E-state index contributed by atoms with van der Waals surface area (Å²) in [6, 6.07) is 0.466. The molecule has 1 aliphatic rings. The summed E-state index contributed by atoms with van der Waals surface area (Å²) in [5.41, 5.74) is 0. The molecule has 0 aromatic carbocycles. The van der Waals surface area contributed by atoms with Crippen LogP contribution in [0.25, 0.3) is 0 Å². The molecule has 0 atom stereocenters.